The van der Waals surface area contributed by atoms with Crippen LogP contribution in [0.1, 0.15) is 22.3 Å². The molecule has 3 nitrogen and oxygen atoms in total. The molecule has 0 bridgehead atoms. The van der Waals surface area contributed by atoms with E-state index in [0.717, 1.165) is 22.1 Å². The zero-order valence-corrected chi connectivity index (χ0v) is 34.3. The Balaban J connectivity index is 1.01. The van der Waals surface area contributed by atoms with Crippen molar-refractivity contribution < 1.29 is 0 Å². The predicted octanol–water partition coefficient (Wildman–Crippen LogP) is 14.9. The topological polar surface area (TPSA) is 38.7 Å². The molecule has 11 aromatic rings. The monoisotopic (exact) mass is 805 g/mol. The number of rotatable bonds is 5. The molecule has 4 heteroatoms. The van der Waals surface area contributed by atoms with Gasteiger partial charge in [-0.2, -0.15) is 0 Å². The first-order valence-corrected chi connectivity index (χ1v) is 21.9. The Bertz CT molecular complexity index is 3490. The second-order valence-corrected chi connectivity index (χ2v) is 17.3. The smallest absolute Gasteiger partial charge is 0.164 e. The van der Waals surface area contributed by atoms with Crippen LogP contribution in [0.5, 0.6) is 0 Å². The Hall–Kier alpha value is -7.79. The molecule has 0 atom stereocenters. The van der Waals surface area contributed by atoms with Gasteiger partial charge in [-0.1, -0.05) is 194 Å². The van der Waals surface area contributed by atoms with Gasteiger partial charge in [0.05, 0.1) is 5.41 Å². The number of nitrogens with zero attached hydrogens (tertiary/aromatic N) is 3. The van der Waals surface area contributed by atoms with Gasteiger partial charge in [-0.3, -0.25) is 0 Å². The van der Waals surface area contributed by atoms with Gasteiger partial charge < -0.3 is 0 Å². The summed E-state index contributed by atoms with van der Waals surface area (Å²) in [5.74, 6) is 1.98. The molecule has 0 unspecified atom stereocenters. The average molecular weight is 806 g/mol. The Morgan fingerprint density at radius 2 is 0.790 bits per heavy atom. The van der Waals surface area contributed by atoms with Gasteiger partial charge in [-0.15, -0.1) is 11.3 Å². The number of fused-ring (bicyclic) bond motifs is 13. The van der Waals surface area contributed by atoms with E-state index in [1.165, 1.54) is 81.5 Å². The van der Waals surface area contributed by atoms with E-state index in [2.05, 4.69) is 176 Å². The summed E-state index contributed by atoms with van der Waals surface area (Å²) in [5, 5.41) is 2.35. The standard InChI is InChI=1S/C58H35N3S/c1-3-17-36(18-4-1)55-59-56(37-19-5-2-6-20-37)61-57(60-55)45-27-16-32-52-54(45)46-35-38(33-34-51(46)62-52)39-21-7-8-22-40(39)43-26-15-31-50-53(43)44-25-11-14-30-49(44)58(50)47-28-12-9-23-41(47)42-24-10-13-29-48(42)58/h1-35H. The number of hydrogen-bond acceptors (Lipinski definition) is 4. The molecule has 0 amide bonds. The lowest BCUT2D eigenvalue weighted by molar-refractivity contribution is 0.794. The van der Waals surface area contributed by atoms with E-state index in [9.17, 15) is 0 Å². The molecule has 9 aromatic carbocycles. The van der Waals surface area contributed by atoms with Gasteiger partial charge in [0.25, 0.3) is 0 Å². The van der Waals surface area contributed by atoms with Gasteiger partial charge in [0, 0.05) is 36.9 Å². The molecule has 13 rings (SSSR count). The minimum absolute atomic E-state index is 0.398. The Labute approximate surface area is 363 Å². The molecule has 62 heavy (non-hydrogen) atoms. The maximum absolute atomic E-state index is 5.16. The Morgan fingerprint density at radius 1 is 0.306 bits per heavy atom. The molecule has 2 aliphatic rings. The first kappa shape index (κ1) is 35.0. The van der Waals surface area contributed by atoms with Crippen molar-refractivity contribution in [3.05, 3.63) is 235 Å². The number of benzene rings is 9. The average Bonchev–Trinajstić information content (AvgIpc) is 3.98. The van der Waals surface area contributed by atoms with E-state index in [4.69, 9.17) is 15.0 Å². The zero-order chi connectivity index (χ0) is 40.8. The summed E-state index contributed by atoms with van der Waals surface area (Å²) in [6.45, 7) is 0. The maximum atomic E-state index is 5.16. The first-order valence-electron chi connectivity index (χ1n) is 21.1. The number of thiophene rings is 1. The SMILES string of the molecule is c1ccc(-c2nc(-c3ccccc3)nc(-c3cccc4sc5ccc(-c6ccccc6-c6cccc7c6-c6ccccc6C76c7ccccc7-c7ccccc76)cc5c34)n2)cc1. The van der Waals surface area contributed by atoms with Crippen molar-refractivity contribution in [2.24, 2.45) is 0 Å². The summed E-state index contributed by atoms with van der Waals surface area (Å²) >= 11 is 1.81. The highest BCUT2D eigenvalue weighted by Crippen LogP contribution is 2.64. The lowest BCUT2D eigenvalue weighted by atomic mass is 9.70. The van der Waals surface area contributed by atoms with E-state index in [1.807, 2.05) is 47.7 Å². The van der Waals surface area contributed by atoms with Crippen LogP contribution in [0.15, 0.2) is 212 Å². The molecule has 2 heterocycles. The molecule has 0 N–H and O–H groups in total. The largest absolute Gasteiger partial charge is 0.208 e. The van der Waals surface area contributed by atoms with Crippen LogP contribution in [-0.4, -0.2) is 15.0 Å². The molecule has 0 saturated heterocycles. The van der Waals surface area contributed by atoms with Gasteiger partial charge in [-0.05, 0) is 85.0 Å². The first-order chi connectivity index (χ1) is 30.8. The van der Waals surface area contributed by atoms with E-state index in [1.54, 1.807) is 0 Å². The molecular weight excluding hydrogens is 771 g/mol. The summed E-state index contributed by atoms with van der Waals surface area (Å²) in [7, 11) is 0. The molecule has 0 radical (unpaired) electrons. The van der Waals surface area contributed by atoms with Gasteiger partial charge >= 0.3 is 0 Å². The van der Waals surface area contributed by atoms with Crippen LogP contribution < -0.4 is 0 Å². The van der Waals surface area contributed by atoms with Crippen LogP contribution >= 0.6 is 11.3 Å². The van der Waals surface area contributed by atoms with Crippen molar-refractivity contribution in [2.75, 3.05) is 0 Å². The molecule has 2 aromatic heterocycles. The fourth-order valence-electron chi connectivity index (χ4n) is 10.4. The third kappa shape index (κ3) is 5.02. The lowest BCUT2D eigenvalue weighted by Gasteiger charge is -2.30. The molecule has 0 saturated carbocycles. The van der Waals surface area contributed by atoms with Crippen molar-refractivity contribution in [2.45, 2.75) is 5.41 Å². The maximum Gasteiger partial charge on any atom is 0.164 e. The van der Waals surface area contributed by atoms with Crippen molar-refractivity contribution >= 4 is 31.5 Å². The molecule has 0 aliphatic heterocycles. The molecule has 288 valence electrons. The minimum Gasteiger partial charge on any atom is -0.208 e. The van der Waals surface area contributed by atoms with Gasteiger partial charge in [0.15, 0.2) is 17.5 Å². The third-order valence-corrected chi connectivity index (χ3v) is 14.1. The van der Waals surface area contributed by atoms with Crippen LogP contribution in [0, 0.1) is 0 Å². The molecule has 0 fully saturated rings. The second kappa shape index (κ2) is 13.6. The number of hydrogen-bond donors (Lipinski definition) is 0. The van der Waals surface area contributed by atoms with Crippen LogP contribution in [0.2, 0.25) is 0 Å². The van der Waals surface area contributed by atoms with Crippen LogP contribution in [0.25, 0.3) is 98.8 Å². The van der Waals surface area contributed by atoms with Crippen LogP contribution in [-0.2, 0) is 5.41 Å². The van der Waals surface area contributed by atoms with Crippen molar-refractivity contribution in [3.63, 3.8) is 0 Å². The predicted molar refractivity (Wildman–Crippen MR) is 256 cm³/mol. The lowest BCUT2D eigenvalue weighted by Crippen LogP contribution is -2.25. The summed E-state index contributed by atoms with van der Waals surface area (Å²) in [4.78, 5) is 15.3. The van der Waals surface area contributed by atoms with Crippen LogP contribution in [0.4, 0.5) is 0 Å². The molecular formula is C58H35N3S. The van der Waals surface area contributed by atoms with Gasteiger partial charge in [0.2, 0.25) is 0 Å². The summed E-state index contributed by atoms with van der Waals surface area (Å²) in [6.07, 6.45) is 0. The van der Waals surface area contributed by atoms with E-state index >= 15 is 0 Å². The van der Waals surface area contributed by atoms with E-state index in [0.29, 0.717) is 17.5 Å². The quantitative estimate of drug-likeness (QED) is 0.174. The highest BCUT2D eigenvalue weighted by atomic mass is 32.1. The van der Waals surface area contributed by atoms with Crippen molar-refractivity contribution in [1.82, 2.24) is 15.0 Å². The fourth-order valence-corrected chi connectivity index (χ4v) is 11.6. The summed E-state index contributed by atoms with van der Waals surface area (Å²) < 4.78 is 2.43. The van der Waals surface area contributed by atoms with E-state index in [-0.39, 0.29) is 0 Å². The highest BCUT2D eigenvalue weighted by molar-refractivity contribution is 7.26. The molecule has 2 aliphatic carbocycles. The third-order valence-electron chi connectivity index (χ3n) is 13.0. The van der Waals surface area contributed by atoms with Gasteiger partial charge in [-0.25, -0.2) is 15.0 Å². The van der Waals surface area contributed by atoms with Crippen molar-refractivity contribution in [1.29, 1.82) is 0 Å². The Kier molecular flexibility index (Phi) is 7.69. The fraction of sp³-hybridized carbons (Fsp3) is 0.0172. The summed E-state index contributed by atoms with van der Waals surface area (Å²) in [5.41, 5.74) is 18.0. The minimum atomic E-state index is -0.398. The second-order valence-electron chi connectivity index (χ2n) is 16.2. The molecule has 1 spiro atoms. The highest BCUT2D eigenvalue weighted by Gasteiger charge is 2.52. The van der Waals surface area contributed by atoms with Gasteiger partial charge in [0.1, 0.15) is 0 Å². The van der Waals surface area contributed by atoms with E-state index < -0.39 is 5.41 Å². The number of aromatic nitrogens is 3. The van der Waals surface area contributed by atoms with Crippen molar-refractivity contribution in [3.8, 4) is 78.7 Å². The zero-order valence-electron chi connectivity index (χ0n) is 33.5. The Morgan fingerprint density at radius 3 is 1.45 bits per heavy atom. The normalized spacial score (nSPS) is 13.0. The van der Waals surface area contributed by atoms with Crippen LogP contribution in [0.3, 0.4) is 0 Å². The summed E-state index contributed by atoms with van der Waals surface area (Å²) in [6, 6.07) is 76.9.